The van der Waals surface area contributed by atoms with Crippen molar-refractivity contribution in [3.05, 3.63) is 0 Å². The Hall–Kier alpha value is -0.290. The number of rotatable bonds is 3. The van der Waals surface area contributed by atoms with Crippen molar-refractivity contribution < 1.29 is 38.1 Å². The highest BCUT2D eigenvalue weighted by molar-refractivity contribution is 7.86. The summed E-state index contributed by atoms with van der Waals surface area (Å²) in [6.07, 6.45) is -6.09. The van der Waals surface area contributed by atoms with E-state index in [1.54, 1.807) is 0 Å². The van der Waals surface area contributed by atoms with Crippen LogP contribution in [0.5, 0.6) is 0 Å². The van der Waals surface area contributed by atoms with Crippen molar-refractivity contribution in [2.24, 2.45) is 0 Å². The van der Waals surface area contributed by atoms with Gasteiger partial charge in [0, 0.05) is 0 Å². The van der Waals surface area contributed by atoms with Crippen molar-refractivity contribution in [3.8, 4) is 0 Å². The molecule has 1 rings (SSSR count). The Morgan fingerprint density at radius 2 is 1.80 bits per heavy atom. The largest absolute Gasteiger partial charge is 0.394 e. The molecule has 1 heterocycles. The molecule has 5 N–H and O–H groups in total. The summed E-state index contributed by atoms with van der Waals surface area (Å²) < 4.78 is 34.3. The average Bonchev–Trinajstić information content (AvgIpc) is 2.41. The van der Waals surface area contributed by atoms with Gasteiger partial charge in [0.2, 0.25) is 5.44 Å². The van der Waals surface area contributed by atoms with Crippen molar-refractivity contribution in [1.82, 2.24) is 0 Å². The maximum atomic E-state index is 10.5. The summed E-state index contributed by atoms with van der Waals surface area (Å²) >= 11 is 0. The molecule has 0 aromatic carbocycles. The third-order valence-corrected chi connectivity index (χ3v) is 3.04. The van der Waals surface area contributed by atoms with E-state index in [4.69, 9.17) is 14.8 Å². The topological polar surface area (TPSA) is 145 Å². The lowest BCUT2D eigenvalue weighted by Crippen LogP contribution is -2.42. The highest BCUT2D eigenvalue weighted by Gasteiger charge is 2.49. The van der Waals surface area contributed by atoms with Gasteiger partial charge in [-0.15, -0.1) is 0 Å². The Balaban J connectivity index is 2.82. The highest BCUT2D eigenvalue weighted by atomic mass is 32.2. The van der Waals surface area contributed by atoms with Gasteiger partial charge in [-0.3, -0.25) is 4.55 Å². The quantitative estimate of drug-likeness (QED) is 0.324. The minimum absolute atomic E-state index is 0.646. The maximum Gasteiger partial charge on any atom is 0.294 e. The van der Waals surface area contributed by atoms with Crippen molar-refractivity contribution >= 4 is 10.1 Å². The van der Waals surface area contributed by atoms with Gasteiger partial charge in [0.1, 0.15) is 24.4 Å². The van der Waals surface area contributed by atoms with Crippen LogP contribution in [-0.2, 0) is 14.9 Å². The second-order valence-corrected chi connectivity index (χ2v) is 4.72. The van der Waals surface area contributed by atoms with Crippen LogP contribution in [0, 0.1) is 0 Å². The summed E-state index contributed by atoms with van der Waals surface area (Å²) in [4.78, 5) is 0. The summed E-state index contributed by atoms with van der Waals surface area (Å²) in [6.45, 7) is -0.646. The number of aliphatic hydroxyl groups is 4. The molecule has 0 aromatic rings. The number of aliphatic hydroxyl groups excluding tert-OH is 4. The molecule has 0 saturated carbocycles. The molecule has 8 nitrogen and oxygen atoms in total. The SMILES string of the molecule is O=S(=O)(O)C(O)[C@H]1O[C@H](CO)[C@@H](O)[C@@H]1O. The molecule has 1 aliphatic rings. The first-order valence-corrected chi connectivity index (χ1v) is 5.56. The maximum absolute atomic E-state index is 10.5. The highest BCUT2D eigenvalue weighted by Crippen LogP contribution is 2.25. The Labute approximate surface area is 85.5 Å². The van der Waals surface area contributed by atoms with E-state index < -0.39 is 46.6 Å². The van der Waals surface area contributed by atoms with Crippen LogP contribution < -0.4 is 0 Å². The molecule has 90 valence electrons. The first-order chi connectivity index (χ1) is 6.79. The van der Waals surface area contributed by atoms with Gasteiger partial charge >= 0.3 is 0 Å². The van der Waals surface area contributed by atoms with E-state index >= 15 is 0 Å². The first-order valence-electron chi connectivity index (χ1n) is 4.06. The standard InChI is InChI=1S/C6H12O8S/c7-1-2-3(8)4(9)5(14-2)6(10)15(11,12)13/h2-10H,1H2,(H,11,12,13)/t2-,3-,4+,5+,6?/m1/s1. The molecule has 0 aliphatic carbocycles. The second-order valence-electron chi connectivity index (χ2n) is 3.21. The second kappa shape index (κ2) is 4.29. The van der Waals surface area contributed by atoms with Crippen molar-refractivity contribution in [3.63, 3.8) is 0 Å². The van der Waals surface area contributed by atoms with Crippen LogP contribution >= 0.6 is 0 Å². The lowest BCUT2D eigenvalue weighted by Gasteiger charge is -2.18. The fourth-order valence-electron chi connectivity index (χ4n) is 1.33. The van der Waals surface area contributed by atoms with Crippen molar-refractivity contribution in [1.29, 1.82) is 0 Å². The van der Waals surface area contributed by atoms with Gasteiger partial charge in [0.15, 0.2) is 0 Å². The molecular weight excluding hydrogens is 232 g/mol. The molecule has 1 aliphatic heterocycles. The molecule has 9 heteroatoms. The van der Waals surface area contributed by atoms with Gasteiger partial charge in [0.25, 0.3) is 10.1 Å². The van der Waals surface area contributed by atoms with Crippen LogP contribution in [0.2, 0.25) is 0 Å². The van der Waals surface area contributed by atoms with Gasteiger partial charge in [0.05, 0.1) is 6.61 Å². The fraction of sp³-hybridized carbons (Fsp3) is 1.00. The summed E-state index contributed by atoms with van der Waals surface area (Å²) in [5, 5.41) is 36.2. The molecule has 1 unspecified atom stereocenters. The Bertz CT molecular complexity index is 313. The molecule has 15 heavy (non-hydrogen) atoms. The fourth-order valence-corrected chi connectivity index (χ4v) is 1.90. The predicted octanol–water partition coefficient (Wildman–Crippen LogP) is -3.33. The Morgan fingerprint density at radius 1 is 1.27 bits per heavy atom. The lowest BCUT2D eigenvalue weighted by atomic mass is 10.1. The molecule has 0 spiro atoms. The smallest absolute Gasteiger partial charge is 0.294 e. The number of hydrogen-bond acceptors (Lipinski definition) is 7. The van der Waals surface area contributed by atoms with Crippen LogP contribution in [0.3, 0.4) is 0 Å². The molecule has 0 aromatic heterocycles. The van der Waals surface area contributed by atoms with Crippen LogP contribution in [0.25, 0.3) is 0 Å². The molecule has 1 fully saturated rings. The molecular formula is C6H12O8S. The minimum Gasteiger partial charge on any atom is -0.394 e. The van der Waals surface area contributed by atoms with Gasteiger partial charge in [-0.05, 0) is 0 Å². The molecule has 5 atom stereocenters. The third kappa shape index (κ3) is 2.45. The van der Waals surface area contributed by atoms with Crippen molar-refractivity contribution in [2.75, 3.05) is 6.61 Å². The van der Waals surface area contributed by atoms with Crippen LogP contribution in [0.4, 0.5) is 0 Å². The summed E-state index contributed by atoms with van der Waals surface area (Å²) in [5.41, 5.74) is -2.36. The lowest BCUT2D eigenvalue weighted by molar-refractivity contribution is -0.0525. The molecule has 0 radical (unpaired) electrons. The van der Waals surface area contributed by atoms with E-state index in [1.165, 1.54) is 0 Å². The van der Waals surface area contributed by atoms with Crippen LogP contribution in [0.1, 0.15) is 0 Å². The summed E-state index contributed by atoms with van der Waals surface area (Å²) in [5.74, 6) is 0. The van der Waals surface area contributed by atoms with E-state index in [2.05, 4.69) is 4.74 Å². The molecule has 1 saturated heterocycles. The number of ether oxygens (including phenoxy) is 1. The van der Waals surface area contributed by atoms with E-state index in [-0.39, 0.29) is 0 Å². The van der Waals surface area contributed by atoms with Gasteiger partial charge < -0.3 is 25.2 Å². The van der Waals surface area contributed by atoms with Gasteiger partial charge in [-0.25, -0.2) is 0 Å². The Morgan fingerprint density at radius 3 is 2.13 bits per heavy atom. The zero-order valence-corrected chi connectivity index (χ0v) is 8.28. The zero-order valence-electron chi connectivity index (χ0n) is 7.46. The summed E-state index contributed by atoms with van der Waals surface area (Å²) in [6, 6.07) is 0. The van der Waals surface area contributed by atoms with Crippen LogP contribution in [0.15, 0.2) is 0 Å². The van der Waals surface area contributed by atoms with Gasteiger partial charge in [-0.1, -0.05) is 0 Å². The number of hydrogen-bond donors (Lipinski definition) is 5. The molecule has 0 bridgehead atoms. The average molecular weight is 244 g/mol. The van der Waals surface area contributed by atoms with Gasteiger partial charge in [-0.2, -0.15) is 8.42 Å². The minimum atomic E-state index is -4.80. The first kappa shape index (κ1) is 12.8. The van der Waals surface area contributed by atoms with E-state index in [0.29, 0.717) is 0 Å². The Kier molecular flexibility index (Phi) is 3.66. The zero-order chi connectivity index (χ0) is 11.8. The molecule has 0 amide bonds. The summed E-state index contributed by atoms with van der Waals surface area (Å²) in [7, 11) is -4.80. The van der Waals surface area contributed by atoms with E-state index in [9.17, 15) is 18.6 Å². The third-order valence-electron chi connectivity index (χ3n) is 2.17. The predicted molar refractivity (Wildman–Crippen MR) is 45.3 cm³/mol. The van der Waals surface area contributed by atoms with Crippen molar-refractivity contribution in [2.45, 2.75) is 29.9 Å². The van der Waals surface area contributed by atoms with E-state index in [0.717, 1.165) is 0 Å². The normalized spacial score (nSPS) is 39.3. The van der Waals surface area contributed by atoms with Crippen LogP contribution in [-0.4, -0.2) is 69.9 Å². The monoisotopic (exact) mass is 244 g/mol. The van der Waals surface area contributed by atoms with E-state index in [1.807, 2.05) is 0 Å².